The second kappa shape index (κ2) is 7.09. The smallest absolute Gasteiger partial charge is 0.203 e. The molecule has 1 aromatic heterocycles. The molecule has 2 aromatic rings. The molecule has 0 spiro atoms. The van der Waals surface area contributed by atoms with Crippen molar-refractivity contribution in [1.29, 1.82) is 0 Å². The highest BCUT2D eigenvalue weighted by molar-refractivity contribution is 5.79. The van der Waals surface area contributed by atoms with Gasteiger partial charge in [0.1, 0.15) is 13.2 Å². The summed E-state index contributed by atoms with van der Waals surface area (Å²) in [5, 5.41) is 0. The van der Waals surface area contributed by atoms with Gasteiger partial charge < -0.3 is 19.9 Å². The molecule has 1 aromatic carbocycles. The number of fused-ring (bicyclic) bond motifs is 3. The number of nitrogens with zero attached hydrogens (tertiary/aromatic N) is 1. The summed E-state index contributed by atoms with van der Waals surface area (Å²) in [6, 6.07) is 5.91. The number of hydrogen-bond acceptors (Lipinski definition) is 5. The fourth-order valence-electron chi connectivity index (χ4n) is 3.03. The number of aromatic nitrogens is 1. The monoisotopic (exact) mass is 328 g/mol. The highest BCUT2D eigenvalue weighted by atomic mass is 16.5. The summed E-state index contributed by atoms with van der Waals surface area (Å²) < 4.78 is 17.4. The SMILES string of the molecule is COc1c(OCC(N)CC(C)C)ccc2c1OCc1cnccc1-2. The molecule has 5 heteroatoms. The van der Waals surface area contributed by atoms with Gasteiger partial charge in [-0.1, -0.05) is 13.8 Å². The summed E-state index contributed by atoms with van der Waals surface area (Å²) >= 11 is 0. The van der Waals surface area contributed by atoms with Crippen molar-refractivity contribution in [1.82, 2.24) is 4.98 Å². The van der Waals surface area contributed by atoms with Crippen molar-refractivity contribution in [3.8, 4) is 28.4 Å². The Hall–Kier alpha value is -2.27. The molecule has 0 bridgehead atoms. The van der Waals surface area contributed by atoms with Crippen molar-refractivity contribution in [3.63, 3.8) is 0 Å². The topological polar surface area (TPSA) is 66.6 Å². The normalized spacial score (nSPS) is 13.7. The van der Waals surface area contributed by atoms with E-state index < -0.39 is 0 Å². The summed E-state index contributed by atoms with van der Waals surface area (Å²) in [7, 11) is 1.63. The Bertz CT molecular complexity index is 716. The summed E-state index contributed by atoms with van der Waals surface area (Å²) in [5.41, 5.74) is 9.29. The molecule has 0 radical (unpaired) electrons. The Kier molecular flexibility index (Phi) is 4.90. The molecule has 0 saturated carbocycles. The lowest BCUT2D eigenvalue weighted by Crippen LogP contribution is -2.29. The van der Waals surface area contributed by atoms with Crippen LogP contribution in [0.2, 0.25) is 0 Å². The lowest BCUT2D eigenvalue weighted by Gasteiger charge is -2.24. The predicted octanol–water partition coefficient (Wildman–Crippen LogP) is 3.40. The Morgan fingerprint density at radius 3 is 2.83 bits per heavy atom. The van der Waals surface area contributed by atoms with E-state index in [-0.39, 0.29) is 6.04 Å². The maximum atomic E-state index is 6.11. The van der Waals surface area contributed by atoms with Crippen molar-refractivity contribution in [2.75, 3.05) is 13.7 Å². The molecule has 128 valence electrons. The van der Waals surface area contributed by atoms with E-state index in [4.69, 9.17) is 19.9 Å². The van der Waals surface area contributed by atoms with Crippen molar-refractivity contribution >= 4 is 0 Å². The van der Waals surface area contributed by atoms with E-state index >= 15 is 0 Å². The number of rotatable bonds is 6. The molecule has 1 unspecified atom stereocenters. The molecule has 0 aliphatic carbocycles. The van der Waals surface area contributed by atoms with Crippen LogP contribution in [0.4, 0.5) is 0 Å². The van der Waals surface area contributed by atoms with Crippen molar-refractivity contribution < 1.29 is 14.2 Å². The van der Waals surface area contributed by atoms with Gasteiger partial charge in [0.15, 0.2) is 11.5 Å². The summed E-state index contributed by atoms with van der Waals surface area (Å²) in [6.45, 7) is 5.23. The van der Waals surface area contributed by atoms with E-state index in [0.717, 1.165) is 23.1 Å². The van der Waals surface area contributed by atoms with Gasteiger partial charge in [0, 0.05) is 29.6 Å². The molecule has 24 heavy (non-hydrogen) atoms. The molecule has 0 amide bonds. The van der Waals surface area contributed by atoms with Crippen molar-refractivity contribution in [3.05, 3.63) is 36.2 Å². The molecular weight excluding hydrogens is 304 g/mol. The molecule has 1 atom stereocenters. The first-order valence-electron chi connectivity index (χ1n) is 8.25. The zero-order valence-corrected chi connectivity index (χ0v) is 14.4. The average Bonchev–Trinajstić information content (AvgIpc) is 2.58. The highest BCUT2D eigenvalue weighted by Gasteiger charge is 2.24. The van der Waals surface area contributed by atoms with Crippen LogP contribution in [0.1, 0.15) is 25.8 Å². The average molecular weight is 328 g/mol. The standard InChI is InChI=1S/C19H24N2O3/c1-12(2)8-14(20)11-23-17-5-4-16-15-6-7-21-9-13(15)10-24-18(16)19(17)22-3/h4-7,9,12,14H,8,10-11,20H2,1-3H3. The van der Waals surface area contributed by atoms with Crippen LogP contribution in [0, 0.1) is 5.92 Å². The highest BCUT2D eigenvalue weighted by Crippen LogP contribution is 2.47. The minimum absolute atomic E-state index is 0.00143. The van der Waals surface area contributed by atoms with Gasteiger partial charge in [-0.15, -0.1) is 0 Å². The van der Waals surface area contributed by atoms with Gasteiger partial charge in [-0.25, -0.2) is 0 Å². The number of benzene rings is 1. The van der Waals surface area contributed by atoms with E-state index in [2.05, 4.69) is 18.8 Å². The molecular formula is C19H24N2O3. The Balaban J connectivity index is 1.86. The summed E-state index contributed by atoms with van der Waals surface area (Å²) in [5.74, 6) is 2.54. The first kappa shape index (κ1) is 16.6. The van der Waals surface area contributed by atoms with Crippen LogP contribution in [0.3, 0.4) is 0 Å². The van der Waals surface area contributed by atoms with Gasteiger partial charge in [-0.2, -0.15) is 0 Å². The van der Waals surface area contributed by atoms with Gasteiger partial charge in [0.25, 0.3) is 0 Å². The number of nitrogens with two attached hydrogens (primary N) is 1. The van der Waals surface area contributed by atoms with Crippen LogP contribution in [-0.4, -0.2) is 24.7 Å². The first-order valence-corrected chi connectivity index (χ1v) is 8.25. The number of hydrogen-bond donors (Lipinski definition) is 1. The Labute approximate surface area is 142 Å². The third kappa shape index (κ3) is 3.31. The van der Waals surface area contributed by atoms with E-state index in [1.54, 1.807) is 13.3 Å². The number of methoxy groups -OCH3 is 1. The Morgan fingerprint density at radius 2 is 2.08 bits per heavy atom. The van der Waals surface area contributed by atoms with Gasteiger partial charge in [-0.3, -0.25) is 4.98 Å². The van der Waals surface area contributed by atoms with Gasteiger partial charge in [-0.05, 0) is 36.1 Å². The molecule has 2 N–H and O–H groups in total. The van der Waals surface area contributed by atoms with Crippen LogP contribution in [0.25, 0.3) is 11.1 Å². The third-order valence-electron chi connectivity index (χ3n) is 4.07. The minimum Gasteiger partial charge on any atom is -0.490 e. The van der Waals surface area contributed by atoms with E-state index in [0.29, 0.717) is 36.4 Å². The van der Waals surface area contributed by atoms with E-state index in [9.17, 15) is 0 Å². The predicted molar refractivity (Wildman–Crippen MR) is 93.5 cm³/mol. The fraction of sp³-hybridized carbons (Fsp3) is 0.421. The second-order valence-corrected chi connectivity index (χ2v) is 6.50. The van der Waals surface area contributed by atoms with Crippen LogP contribution in [-0.2, 0) is 6.61 Å². The lowest BCUT2D eigenvalue weighted by atomic mass is 9.98. The quantitative estimate of drug-likeness (QED) is 0.880. The van der Waals surface area contributed by atoms with Crippen molar-refractivity contribution in [2.24, 2.45) is 11.7 Å². The zero-order chi connectivity index (χ0) is 17.1. The fourth-order valence-corrected chi connectivity index (χ4v) is 3.03. The Morgan fingerprint density at radius 1 is 1.25 bits per heavy atom. The minimum atomic E-state index is -0.00143. The lowest BCUT2D eigenvalue weighted by molar-refractivity contribution is 0.243. The largest absolute Gasteiger partial charge is 0.490 e. The van der Waals surface area contributed by atoms with Crippen LogP contribution in [0.5, 0.6) is 17.2 Å². The molecule has 3 rings (SSSR count). The molecule has 2 heterocycles. The zero-order valence-electron chi connectivity index (χ0n) is 14.4. The molecule has 0 fully saturated rings. The van der Waals surface area contributed by atoms with Gasteiger partial charge in [0.05, 0.1) is 7.11 Å². The second-order valence-electron chi connectivity index (χ2n) is 6.50. The number of pyridine rings is 1. The maximum absolute atomic E-state index is 6.11. The van der Waals surface area contributed by atoms with Crippen LogP contribution >= 0.6 is 0 Å². The van der Waals surface area contributed by atoms with Crippen LogP contribution < -0.4 is 19.9 Å². The maximum Gasteiger partial charge on any atom is 0.203 e. The van der Waals surface area contributed by atoms with E-state index in [1.165, 1.54) is 0 Å². The summed E-state index contributed by atoms with van der Waals surface area (Å²) in [4.78, 5) is 4.15. The molecule has 1 aliphatic heterocycles. The third-order valence-corrected chi connectivity index (χ3v) is 4.07. The van der Waals surface area contributed by atoms with E-state index in [1.807, 2.05) is 24.4 Å². The van der Waals surface area contributed by atoms with Gasteiger partial charge >= 0.3 is 0 Å². The van der Waals surface area contributed by atoms with Gasteiger partial charge in [0.2, 0.25) is 5.75 Å². The van der Waals surface area contributed by atoms with Crippen molar-refractivity contribution in [2.45, 2.75) is 32.9 Å². The van der Waals surface area contributed by atoms with Crippen LogP contribution in [0.15, 0.2) is 30.6 Å². The summed E-state index contributed by atoms with van der Waals surface area (Å²) in [6.07, 6.45) is 4.54. The molecule has 0 saturated heterocycles. The number of ether oxygens (including phenoxy) is 3. The first-order chi connectivity index (χ1) is 11.6. The molecule has 5 nitrogen and oxygen atoms in total. The molecule has 1 aliphatic rings.